The van der Waals surface area contributed by atoms with Gasteiger partial charge in [0.25, 0.3) is 0 Å². The van der Waals surface area contributed by atoms with Crippen LogP contribution in [-0.2, 0) is 15.9 Å². The van der Waals surface area contributed by atoms with Crippen LogP contribution in [0.4, 0.5) is 0 Å². The first-order chi connectivity index (χ1) is 18.6. The molecule has 11 heteroatoms. The van der Waals surface area contributed by atoms with Crippen LogP contribution in [0.2, 0.25) is 0 Å². The first-order valence-corrected chi connectivity index (χ1v) is 12.6. The van der Waals surface area contributed by atoms with E-state index in [-0.39, 0.29) is 17.2 Å². The van der Waals surface area contributed by atoms with Crippen LogP contribution < -0.4 is 14.2 Å². The van der Waals surface area contributed by atoms with E-state index < -0.39 is 55.6 Å². The molecule has 1 saturated heterocycles. The van der Waals surface area contributed by atoms with Crippen LogP contribution in [-0.4, -0.2) is 88.3 Å². The highest BCUT2D eigenvalue weighted by Crippen LogP contribution is 2.52. The van der Waals surface area contributed by atoms with Crippen LogP contribution >= 0.6 is 0 Å². The fourth-order valence-electron chi connectivity index (χ4n) is 4.85. The number of hydrogen-bond acceptors (Lipinski definition) is 11. The quantitative estimate of drug-likeness (QED) is 0.263. The first-order valence-electron chi connectivity index (χ1n) is 12.6. The van der Waals surface area contributed by atoms with E-state index in [9.17, 15) is 30.6 Å². The van der Waals surface area contributed by atoms with Crippen LogP contribution in [0.1, 0.15) is 42.7 Å². The third-order valence-electron chi connectivity index (χ3n) is 6.99. The summed E-state index contributed by atoms with van der Waals surface area (Å²) in [5.74, 6) is 0.874. The van der Waals surface area contributed by atoms with E-state index in [0.717, 1.165) is 5.57 Å². The minimum Gasteiger partial charge on any atom is -0.508 e. The summed E-state index contributed by atoms with van der Waals surface area (Å²) in [6.07, 6.45) is -7.98. The number of ether oxygens (including phenoxy) is 5. The summed E-state index contributed by atoms with van der Waals surface area (Å²) < 4.78 is 29.4. The maximum Gasteiger partial charge on any atom is 0.229 e. The number of aliphatic hydroxyl groups excluding tert-OH is 5. The number of hydrogen-bond donors (Lipinski definition) is 6. The molecule has 2 aliphatic rings. The number of aliphatic hydroxyl groups is 5. The summed E-state index contributed by atoms with van der Waals surface area (Å²) in [4.78, 5) is 0. The van der Waals surface area contributed by atoms with Crippen LogP contribution in [0.3, 0.4) is 0 Å². The summed E-state index contributed by atoms with van der Waals surface area (Å²) in [6.45, 7) is 3.25. The Kier molecular flexibility index (Phi) is 9.02. The number of fused-ring (bicyclic) bond motifs is 1. The maximum atomic E-state index is 11.3. The molecule has 4 rings (SSSR count). The van der Waals surface area contributed by atoms with Crippen molar-refractivity contribution in [3.05, 3.63) is 58.7 Å². The van der Waals surface area contributed by atoms with Crippen LogP contribution in [0.5, 0.6) is 23.0 Å². The maximum absolute atomic E-state index is 11.3. The van der Waals surface area contributed by atoms with Gasteiger partial charge in [-0.15, -0.1) is 0 Å². The smallest absolute Gasteiger partial charge is 0.229 e. The number of rotatable bonds is 8. The van der Waals surface area contributed by atoms with E-state index in [1.165, 1.54) is 26.4 Å². The van der Waals surface area contributed by atoms with Crippen molar-refractivity contribution in [2.45, 2.75) is 69.3 Å². The van der Waals surface area contributed by atoms with E-state index in [1.54, 1.807) is 18.2 Å². The second-order valence-electron chi connectivity index (χ2n) is 9.88. The Morgan fingerprint density at radius 2 is 1.64 bits per heavy atom. The van der Waals surface area contributed by atoms with Gasteiger partial charge in [-0.3, -0.25) is 0 Å². The lowest BCUT2D eigenvalue weighted by atomic mass is 9.88. The molecule has 0 radical (unpaired) electrons. The van der Waals surface area contributed by atoms with E-state index in [0.29, 0.717) is 28.9 Å². The van der Waals surface area contributed by atoms with E-state index in [2.05, 4.69) is 0 Å². The average molecular weight is 549 g/mol. The number of phenolic OH excluding ortho intramolecular Hbond substituents is 1. The van der Waals surface area contributed by atoms with Gasteiger partial charge in [0.2, 0.25) is 6.29 Å². The molecule has 0 saturated carbocycles. The predicted octanol–water partition coefficient (Wildman–Crippen LogP) is 1.27. The Morgan fingerprint density at radius 3 is 2.23 bits per heavy atom. The lowest BCUT2D eigenvalue weighted by molar-refractivity contribution is -0.277. The number of phenols is 1. The molecule has 2 heterocycles. The summed E-state index contributed by atoms with van der Waals surface area (Å²) in [5.41, 5.74) is 2.59. The van der Waals surface area contributed by atoms with Gasteiger partial charge >= 0.3 is 0 Å². The molecule has 1 fully saturated rings. The molecule has 214 valence electrons. The van der Waals surface area contributed by atoms with Gasteiger partial charge in [-0.1, -0.05) is 23.8 Å². The van der Waals surface area contributed by atoms with E-state index in [4.69, 9.17) is 23.7 Å². The van der Waals surface area contributed by atoms with Crippen molar-refractivity contribution >= 4 is 0 Å². The van der Waals surface area contributed by atoms with Gasteiger partial charge in [0.15, 0.2) is 6.10 Å². The molecule has 0 aliphatic carbocycles. The molecule has 2 aromatic rings. The van der Waals surface area contributed by atoms with E-state index in [1.807, 2.05) is 19.9 Å². The highest BCUT2D eigenvalue weighted by atomic mass is 16.7. The molecule has 39 heavy (non-hydrogen) atoms. The molecule has 0 bridgehead atoms. The summed E-state index contributed by atoms with van der Waals surface area (Å²) >= 11 is 0. The third kappa shape index (κ3) is 5.71. The number of benzene rings is 2. The second-order valence-corrected chi connectivity index (χ2v) is 9.88. The number of aromatic hydroxyl groups is 1. The number of allylic oxidation sites excluding steroid dienone is 2. The Morgan fingerprint density at radius 1 is 0.949 bits per heavy atom. The largest absolute Gasteiger partial charge is 0.508 e. The lowest BCUT2D eigenvalue weighted by Gasteiger charge is -2.41. The Balaban J connectivity index is 1.85. The summed E-state index contributed by atoms with van der Waals surface area (Å²) in [7, 11) is 2.90. The molecule has 0 aromatic heterocycles. The topological polar surface area (TPSA) is 168 Å². The normalized spacial score (nSPS) is 30.2. The van der Waals surface area contributed by atoms with Gasteiger partial charge in [-0.2, -0.15) is 0 Å². The Hall–Kier alpha value is -2.90. The first kappa shape index (κ1) is 29.1. The molecular weight excluding hydrogens is 512 g/mol. The monoisotopic (exact) mass is 548 g/mol. The average Bonchev–Trinajstić information content (AvgIpc) is 2.92. The van der Waals surface area contributed by atoms with Crippen LogP contribution in [0.25, 0.3) is 0 Å². The molecule has 11 nitrogen and oxygen atoms in total. The highest BCUT2D eigenvalue weighted by molar-refractivity contribution is 5.60. The fourth-order valence-corrected chi connectivity index (χ4v) is 4.85. The molecule has 2 aromatic carbocycles. The van der Waals surface area contributed by atoms with Gasteiger partial charge in [0.05, 0.1) is 19.3 Å². The Labute approximate surface area is 226 Å². The molecule has 2 aliphatic heterocycles. The standard InChI is InChI=1S/C28H36O11/c1-13(2)5-10-16-17(37-28-23(33)22(32)21(31)19(12-29)38-28)11-18(35-3)20-26(16)39-25(24(34)27(20)36-4)14-6-8-15(30)9-7-14/h5-9,11,19,21-25,27-34H,10,12H2,1-4H3/t19?,21-,22+,23?,24-,25-,27+,28-/m1/s1. The van der Waals surface area contributed by atoms with Crippen molar-refractivity contribution in [1.29, 1.82) is 0 Å². The Bertz CT molecular complexity index is 1160. The van der Waals surface area contributed by atoms with Crippen molar-refractivity contribution in [2.24, 2.45) is 0 Å². The summed E-state index contributed by atoms with van der Waals surface area (Å²) in [6, 6.07) is 7.82. The minimum atomic E-state index is -1.62. The SMILES string of the molecule is COc1cc(O[C@@H]2OC(CO)[C@@H](O)[C@H](O)C2O)c(CC=C(C)C)c2c1[C@H](OC)[C@H](O)[C@@H](c1ccc(O)cc1)O2. The zero-order chi connectivity index (χ0) is 28.4. The summed E-state index contributed by atoms with van der Waals surface area (Å²) in [5, 5.41) is 61.6. The molecule has 0 spiro atoms. The third-order valence-corrected chi connectivity index (χ3v) is 6.99. The minimum absolute atomic E-state index is 0.0638. The van der Waals surface area contributed by atoms with Crippen LogP contribution in [0, 0.1) is 0 Å². The molecular formula is C28H36O11. The highest BCUT2D eigenvalue weighted by Gasteiger charge is 2.46. The predicted molar refractivity (Wildman–Crippen MR) is 138 cm³/mol. The van der Waals surface area contributed by atoms with Crippen molar-refractivity contribution in [1.82, 2.24) is 0 Å². The lowest BCUT2D eigenvalue weighted by Crippen LogP contribution is -2.60. The zero-order valence-corrected chi connectivity index (χ0v) is 22.2. The van der Waals surface area contributed by atoms with Crippen molar-refractivity contribution < 1.29 is 54.3 Å². The van der Waals surface area contributed by atoms with Crippen molar-refractivity contribution in [3.8, 4) is 23.0 Å². The number of methoxy groups -OCH3 is 2. The molecule has 6 N–H and O–H groups in total. The molecule has 8 atom stereocenters. The van der Waals surface area contributed by atoms with Gasteiger partial charge in [0, 0.05) is 18.7 Å². The zero-order valence-electron chi connectivity index (χ0n) is 22.2. The van der Waals surface area contributed by atoms with Crippen molar-refractivity contribution in [2.75, 3.05) is 20.8 Å². The van der Waals surface area contributed by atoms with Gasteiger partial charge < -0.3 is 54.3 Å². The van der Waals surface area contributed by atoms with E-state index >= 15 is 0 Å². The van der Waals surface area contributed by atoms with Crippen LogP contribution in [0.15, 0.2) is 42.0 Å². The van der Waals surface area contributed by atoms with Gasteiger partial charge in [0.1, 0.15) is 59.6 Å². The van der Waals surface area contributed by atoms with Crippen molar-refractivity contribution in [3.63, 3.8) is 0 Å². The van der Waals surface area contributed by atoms with Gasteiger partial charge in [-0.05, 0) is 38.0 Å². The fraction of sp³-hybridized carbons (Fsp3) is 0.500. The second kappa shape index (κ2) is 12.1. The molecule has 2 unspecified atom stereocenters. The van der Waals surface area contributed by atoms with Gasteiger partial charge in [-0.25, -0.2) is 0 Å². The molecule has 0 amide bonds.